The van der Waals surface area contributed by atoms with Gasteiger partial charge in [0.05, 0.1) is 16.8 Å². The van der Waals surface area contributed by atoms with Gasteiger partial charge in [0.1, 0.15) is 6.33 Å². The van der Waals surface area contributed by atoms with Gasteiger partial charge in [-0.3, -0.25) is 0 Å². The molecule has 0 spiro atoms. The van der Waals surface area contributed by atoms with Gasteiger partial charge in [-0.05, 0) is 18.2 Å². The third-order valence-electron chi connectivity index (χ3n) is 2.93. The first-order chi connectivity index (χ1) is 9.25. The zero-order chi connectivity index (χ0) is 13.2. The van der Waals surface area contributed by atoms with Gasteiger partial charge in [-0.2, -0.15) is 0 Å². The molecule has 3 aromatic rings. The SMILES string of the molecule is O=C(O)c1ccc2ncnc(-c3ccccc3)c2c1. The van der Waals surface area contributed by atoms with Crippen molar-refractivity contribution in [3.05, 3.63) is 60.4 Å². The van der Waals surface area contributed by atoms with Gasteiger partial charge in [-0.25, -0.2) is 14.8 Å². The van der Waals surface area contributed by atoms with E-state index in [1.165, 1.54) is 6.33 Å². The second-order valence-electron chi connectivity index (χ2n) is 4.13. The number of carboxylic acid groups (broad SMARTS) is 1. The Bertz CT molecular complexity index is 754. The van der Waals surface area contributed by atoms with Crippen molar-refractivity contribution in [3.63, 3.8) is 0 Å². The average molecular weight is 250 g/mol. The van der Waals surface area contributed by atoms with Crippen molar-refractivity contribution in [1.82, 2.24) is 9.97 Å². The Morgan fingerprint density at radius 1 is 1.00 bits per heavy atom. The molecule has 92 valence electrons. The van der Waals surface area contributed by atoms with Crippen LogP contribution in [0.25, 0.3) is 22.2 Å². The Labute approximate surface area is 109 Å². The first kappa shape index (κ1) is 11.3. The Kier molecular flexibility index (Phi) is 2.68. The molecule has 0 aliphatic rings. The number of hydrogen-bond donors (Lipinski definition) is 1. The molecule has 1 aromatic heterocycles. The first-order valence-corrected chi connectivity index (χ1v) is 5.79. The van der Waals surface area contributed by atoms with E-state index in [-0.39, 0.29) is 5.56 Å². The first-order valence-electron chi connectivity index (χ1n) is 5.79. The van der Waals surface area contributed by atoms with Crippen molar-refractivity contribution in [3.8, 4) is 11.3 Å². The highest BCUT2D eigenvalue weighted by atomic mass is 16.4. The normalized spacial score (nSPS) is 10.5. The van der Waals surface area contributed by atoms with Gasteiger partial charge in [0.15, 0.2) is 0 Å². The lowest BCUT2D eigenvalue weighted by Crippen LogP contribution is -1.97. The molecule has 0 saturated carbocycles. The van der Waals surface area contributed by atoms with Crippen LogP contribution in [-0.4, -0.2) is 21.0 Å². The monoisotopic (exact) mass is 250 g/mol. The molecule has 0 aliphatic heterocycles. The summed E-state index contributed by atoms with van der Waals surface area (Å²) >= 11 is 0. The quantitative estimate of drug-likeness (QED) is 0.759. The lowest BCUT2D eigenvalue weighted by Gasteiger charge is -2.05. The van der Waals surface area contributed by atoms with Crippen LogP contribution in [0.1, 0.15) is 10.4 Å². The minimum Gasteiger partial charge on any atom is -0.478 e. The van der Waals surface area contributed by atoms with Crippen LogP contribution in [0.4, 0.5) is 0 Å². The standard InChI is InChI=1S/C15H10N2O2/c18-15(19)11-6-7-13-12(8-11)14(17-9-16-13)10-4-2-1-3-5-10/h1-9H,(H,18,19). The smallest absolute Gasteiger partial charge is 0.335 e. The molecule has 0 saturated heterocycles. The lowest BCUT2D eigenvalue weighted by atomic mass is 10.0. The van der Waals surface area contributed by atoms with Crippen LogP contribution in [0.15, 0.2) is 54.9 Å². The van der Waals surface area contributed by atoms with Crippen LogP contribution in [0, 0.1) is 0 Å². The maximum atomic E-state index is 11.1. The van der Waals surface area contributed by atoms with E-state index in [4.69, 9.17) is 5.11 Å². The van der Waals surface area contributed by atoms with E-state index in [9.17, 15) is 4.79 Å². The van der Waals surface area contributed by atoms with Gasteiger partial charge < -0.3 is 5.11 Å². The molecule has 0 atom stereocenters. The second-order valence-corrected chi connectivity index (χ2v) is 4.13. The summed E-state index contributed by atoms with van der Waals surface area (Å²) in [6.07, 6.45) is 1.49. The van der Waals surface area contributed by atoms with Gasteiger partial charge in [0.25, 0.3) is 0 Å². The van der Waals surface area contributed by atoms with E-state index in [0.717, 1.165) is 22.2 Å². The van der Waals surface area contributed by atoms with Crippen molar-refractivity contribution < 1.29 is 9.90 Å². The van der Waals surface area contributed by atoms with E-state index >= 15 is 0 Å². The summed E-state index contributed by atoms with van der Waals surface area (Å²) < 4.78 is 0. The number of aromatic nitrogens is 2. The zero-order valence-corrected chi connectivity index (χ0v) is 9.95. The fourth-order valence-electron chi connectivity index (χ4n) is 2.02. The number of fused-ring (bicyclic) bond motifs is 1. The zero-order valence-electron chi connectivity index (χ0n) is 9.95. The van der Waals surface area contributed by atoms with Gasteiger partial charge in [0, 0.05) is 10.9 Å². The summed E-state index contributed by atoms with van der Waals surface area (Å²) in [6.45, 7) is 0. The molecule has 0 amide bonds. The van der Waals surface area contributed by atoms with Crippen LogP contribution in [0.3, 0.4) is 0 Å². The van der Waals surface area contributed by atoms with Gasteiger partial charge in [-0.1, -0.05) is 30.3 Å². The molecule has 3 rings (SSSR count). The number of carboxylic acids is 1. The Hall–Kier alpha value is -2.75. The highest BCUT2D eigenvalue weighted by Crippen LogP contribution is 2.25. The number of carbonyl (C=O) groups is 1. The summed E-state index contributed by atoms with van der Waals surface area (Å²) in [7, 11) is 0. The molecule has 4 nitrogen and oxygen atoms in total. The third-order valence-corrected chi connectivity index (χ3v) is 2.93. The lowest BCUT2D eigenvalue weighted by molar-refractivity contribution is 0.0697. The summed E-state index contributed by atoms with van der Waals surface area (Å²) in [5.74, 6) is -0.954. The Balaban J connectivity index is 2.30. The van der Waals surface area contributed by atoms with Crippen molar-refractivity contribution in [2.75, 3.05) is 0 Å². The fraction of sp³-hybridized carbons (Fsp3) is 0. The van der Waals surface area contributed by atoms with Crippen molar-refractivity contribution >= 4 is 16.9 Å². The molecular formula is C15H10N2O2. The molecule has 19 heavy (non-hydrogen) atoms. The van der Waals surface area contributed by atoms with E-state index in [2.05, 4.69) is 9.97 Å². The summed E-state index contributed by atoms with van der Waals surface area (Å²) in [4.78, 5) is 19.5. The number of nitrogens with zero attached hydrogens (tertiary/aromatic N) is 2. The van der Waals surface area contributed by atoms with Crippen molar-refractivity contribution in [1.29, 1.82) is 0 Å². The minimum absolute atomic E-state index is 0.236. The summed E-state index contributed by atoms with van der Waals surface area (Å²) in [5.41, 5.74) is 2.66. The summed E-state index contributed by atoms with van der Waals surface area (Å²) in [6, 6.07) is 14.5. The fourth-order valence-corrected chi connectivity index (χ4v) is 2.02. The van der Waals surface area contributed by atoms with Crippen molar-refractivity contribution in [2.45, 2.75) is 0 Å². The largest absolute Gasteiger partial charge is 0.478 e. The van der Waals surface area contributed by atoms with E-state index < -0.39 is 5.97 Å². The van der Waals surface area contributed by atoms with Gasteiger partial charge in [-0.15, -0.1) is 0 Å². The Morgan fingerprint density at radius 3 is 2.53 bits per heavy atom. The predicted octanol–water partition coefficient (Wildman–Crippen LogP) is 3.00. The highest BCUT2D eigenvalue weighted by Gasteiger charge is 2.09. The highest BCUT2D eigenvalue weighted by molar-refractivity contribution is 5.98. The summed E-state index contributed by atoms with van der Waals surface area (Å²) in [5, 5.41) is 9.81. The van der Waals surface area contributed by atoms with Crippen LogP contribution in [-0.2, 0) is 0 Å². The minimum atomic E-state index is -0.954. The molecule has 1 heterocycles. The van der Waals surface area contributed by atoms with Crippen molar-refractivity contribution in [2.24, 2.45) is 0 Å². The molecule has 0 unspecified atom stereocenters. The van der Waals surface area contributed by atoms with E-state index in [1.807, 2.05) is 30.3 Å². The number of hydrogen-bond acceptors (Lipinski definition) is 3. The molecule has 1 N–H and O–H groups in total. The molecule has 2 aromatic carbocycles. The molecular weight excluding hydrogens is 240 g/mol. The number of aromatic carboxylic acids is 1. The number of benzene rings is 2. The van der Waals surface area contributed by atoms with Crippen LogP contribution in [0.5, 0.6) is 0 Å². The molecule has 0 fully saturated rings. The van der Waals surface area contributed by atoms with Crippen LogP contribution < -0.4 is 0 Å². The van der Waals surface area contributed by atoms with E-state index in [1.54, 1.807) is 18.2 Å². The average Bonchev–Trinajstić information content (AvgIpc) is 2.47. The number of rotatable bonds is 2. The maximum absolute atomic E-state index is 11.1. The Morgan fingerprint density at radius 2 is 1.79 bits per heavy atom. The maximum Gasteiger partial charge on any atom is 0.335 e. The predicted molar refractivity (Wildman–Crippen MR) is 71.9 cm³/mol. The molecule has 4 heteroatoms. The van der Waals surface area contributed by atoms with Crippen LogP contribution in [0.2, 0.25) is 0 Å². The van der Waals surface area contributed by atoms with E-state index in [0.29, 0.717) is 0 Å². The van der Waals surface area contributed by atoms with Gasteiger partial charge in [0.2, 0.25) is 0 Å². The topological polar surface area (TPSA) is 63.1 Å². The second kappa shape index (κ2) is 4.49. The van der Waals surface area contributed by atoms with Gasteiger partial charge >= 0.3 is 5.97 Å². The third kappa shape index (κ3) is 2.04. The molecule has 0 bridgehead atoms. The molecule has 0 radical (unpaired) electrons. The molecule has 0 aliphatic carbocycles. The van der Waals surface area contributed by atoms with Crippen LogP contribution >= 0.6 is 0 Å².